The Morgan fingerprint density at radius 3 is 2.64 bits per heavy atom. The zero-order valence-electron chi connectivity index (χ0n) is 16.1. The van der Waals surface area contributed by atoms with Gasteiger partial charge in [-0.3, -0.25) is 9.89 Å². The third kappa shape index (κ3) is 4.83. The van der Waals surface area contributed by atoms with E-state index in [0.717, 1.165) is 69.3 Å². The first kappa shape index (κ1) is 21.0. The summed E-state index contributed by atoms with van der Waals surface area (Å²) in [5.74, 6) is 0.769. The molecule has 1 aromatic carbocycles. The van der Waals surface area contributed by atoms with E-state index in [2.05, 4.69) is 25.3 Å². The maximum atomic E-state index is 13.6. The van der Waals surface area contributed by atoms with Gasteiger partial charge in [0.15, 0.2) is 5.96 Å². The predicted molar refractivity (Wildman–Crippen MR) is 117 cm³/mol. The lowest BCUT2D eigenvalue weighted by atomic mass is 9.96. The second-order valence-electron chi connectivity index (χ2n) is 7.45. The summed E-state index contributed by atoms with van der Waals surface area (Å²) in [6.45, 7) is 5.38. The molecule has 1 saturated heterocycles. The number of halogens is 2. The molecule has 0 spiro atoms. The van der Waals surface area contributed by atoms with Gasteiger partial charge in [0, 0.05) is 57.8 Å². The maximum Gasteiger partial charge on any atom is 0.193 e. The first-order valence-corrected chi connectivity index (χ1v) is 9.52. The lowest BCUT2D eigenvalue weighted by Crippen LogP contribution is -2.53. The fraction of sp³-hybridized carbons (Fsp3) is 0.500. The van der Waals surface area contributed by atoms with E-state index in [4.69, 9.17) is 4.52 Å². The number of piperazine rings is 1. The molecular formula is C20H27FIN5O. The van der Waals surface area contributed by atoms with Crippen molar-refractivity contribution in [3.8, 4) is 0 Å². The van der Waals surface area contributed by atoms with Crippen LogP contribution in [0.3, 0.4) is 0 Å². The van der Waals surface area contributed by atoms with E-state index >= 15 is 0 Å². The van der Waals surface area contributed by atoms with E-state index in [1.54, 1.807) is 18.4 Å². The Morgan fingerprint density at radius 1 is 1.25 bits per heavy atom. The lowest BCUT2D eigenvalue weighted by Gasteiger charge is -2.36. The van der Waals surface area contributed by atoms with Gasteiger partial charge in [0.2, 0.25) is 0 Å². The van der Waals surface area contributed by atoms with Crippen LogP contribution in [0.1, 0.15) is 24.1 Å². The lowest BCUT2D eigenvalue weighted by molar-refractivity contribution is 0.169. The summed E-state index contributed by atoms with van der Waals surface area (Å²) in [5.41, 5.74) is 2.10. The molecule has 2 fully saturated rings. The summed E-state index contributed by atoms with van der Waals surface area (Å²) < 4.78 is 18.5. The molecule has 0 bridgehead atoms. The minimum atomic E-state index is -0.161. The van der Waals surface area contributed by atoms with Crippen LogP contribution in [0.4, 0.5) is 4.39 Å². The molecule has 28 heavy (non-hydrogen) atoms. The first-order chi connectivity index (χ1) is 13.2. The fourth-order valence-corrected chi connectivity index (χ4v) is 3.78. The minimum absolute atomic E-state index is 0. The highest BCUT2D eigenvalue weighted by atomic mass is 127. The van der Waals surface area contributed by atoms with Crippen molar-refractivity contribution in [1.82, 2.24) is 20.3 Å². The summed E-state index contributed by atoms with van der Waals surface area (Å²) in [6, 6.07) is 8.91. The first-order valence-electron chi connectivity index (χ1n) is 9.52. The topological polar surface area (TPSA) is 56.9 Å². The number of hydrogen-bond acceptors (Lipinski definition) is 4. The van der Waals surface area contributed by atoms with Crippen molar-refractivity contribution in [2.45, 2.75) is 24.8 Å². The molecule has 0 amide bonds. The average molecular weight is 499 g/mol. The molecule has 0 radical (unpaired) electrons. The quantitative estimate of drug-likeness (QED) is 0.390. The molecule has 6 nitrogen and oxygen atoms in total. The Kier molecular flexibility index (Phi) is 6.92. The largest absolute Gasteiger partial charge is 0.364 e. The van der Waals surface area contributed by atoms with Crippen LogP contribution in [0.2, 0.25) is 0 Å². The van der Waals surface area contributed by atoms with Crippen LogP contribution >= 0.6 is 24.0 Å². The van der Waals surface area contributed by atoms with Crippen LogP contribution < -0.4 is 5.32 Å². The van der Waals surface area contributed by atoms with Gasteiger partial charge in [-0.15, -0.1) is 24.0 Å². The molecule has 1 aliphatic carbocycles. The highest BCUT2D eigenvalue weighted by molar-refractivity contribution is 14.0. The van der Waals surface area contributed by atoms with E-state index in [0.29, 0.717) is 0 Å². The number of rotatable bonds is 5. The summed E-state index contributed by atoms with van der Waals surface area (Å²) in [4.78, 5) is 9.13. The molecule has 1 aliphatic heterocycles. The van der Waals surface area contributed by atoms with E-state index in [9.17, 15) is 4.39 Å². The molecule has 4 rings (SSSR count). The molecule has 0 unspecified atom stereocenters. The van der Waals surface area contributed by atoms with Crippen LogP contribution in [-0.2, 0) is 12.0 Å². The molecule has 0 atom stereocenters. The molecule has 1 aromatic heterocycles. The third-order valence-corrected chi connectivity index (χ3v) is 5.64. The van der Waals surface area contributed by atoms with E-state index in [1.807, 2.05) is 19.2 Å². The van der Waals surface area contributed by atoms with Crippen LogP contribution in [0.25, 0.3) is 0 Å². The van der Waals surface area contributed by atoms with Crippen LogP contribution in [-0.4, -0.2) is 60.7 Å². The summed E-state index contributed by atoms with van der Waals surface area (Å²) in [5, 5.41) is 7.51. The second-order valence-corrected chi connectivity index (χ2v) is 7.45. The maximum absolute atomic E-state index is 13.6. The van der Waals surface area contributed by atoms with Gasteiger partial charge in [-0.25, -0.2) is 4.39 Å². The van der Waals surface area contributed by atoms with E-state index in [1.165, 1.54) is 6.07 Å². The van der Waals surface area contributed by atoms with Crippen LogP contribution in [0.15, 0.2) is 46.1 Å². The van der Waals surface area contributed by atoms with Gasteiger partial charge in [-0.2, -0.15) is 0 Å². The number of nitrogens with zero attached hydrogens (tertiary/aromatic N) is 4. The average Bonchev–Trinajstić information content (AvgIpc) is 3.31. The number of guanidine groups is 1. The van der Waals surface area contributed by atoms with Crippen LogP contribution in [0, 0.1) is 5.82 Å². The molecule has 2 aliphatic rings. The predicted octanol–water partition coefficient (Wildman–Crippen LogP) is 2.86. The number of nitrogens with one attached hydrogen (secondary N) is 1. The standard InChI is InChI=1S/C20H26FN5O.HI/c1-22-19(23-15-20(6-7-20)16-3-2-4-17(21)13-16)26-10-8-25(9-11-26)14-18-5-12-27-24-18;/h2-5,12-13H,6-11,14-15H2,1H3,(H,22,23);1H. The Balaban J connectivity index is 0.00000225. The number of aromatic nitrogens is 1. The van der Waals surface area contributed by atoms with Crippen molar-refractivity contribution in [2.75, 3.05) is 39.8 Å². The van der Waals surface area contributed by atoms with Crippen molar-refractivity contribution < 1.29 is 8.91 Å². The van der Waals surface area contributed by atoms with E-state index in [-0.39, 0.29) is 35.2 Å². The Bertz CT molecular complexity index is 786. The van der Waals surface area contributed by atoms with Gasteiger partial charge in [-0.05, 0) is 30.5 Å². The van der Waals surface area contributed by atoms with Gasteiger partial charge in [0.05, 0.1) is 5.69 Å². The van der Waals surface area contributed by atoms with Gasteiger partial charge >= 0.3 is 0 Å². The van der Waals surface area contributed by atoms with Gasteiger partial charge in [0.25, 0.3) is 0 Å². The fourth-order valence-electron chi connectivity index (χ4n) is 3.78. The highest BCUT2D eigenvalue weighted by Gasteiger charge is 2.44. The summed E-state index contributed by atoms with van der Waals surface area (Å²) in [6.07, 6.45) is 3.79. The normalized spacial score (nSPS) is 19.2. The number of hydrogen-bond donors (Lipinski definition) is 1. The molecule has 2 heterocycles. The SMILES string of the molecule is CN=C(NCC1(c2cccc(F)c2)CC1)N1CCN(Cc2ccon2)CC1.I. The van der Waals surface area contributed by atoms with Crippen molar-refractivity contribution in [3.05, 3.63) is 53.7 Å². The Labute approximate surface area is 182 Å². The van der Waals surface area contributed by atoms with Crippen molar-refractivity contribution in [2.24, 2.45) is 4.99 Å². The molecular weight excluding hydrogens is 472 g/mol. The molecule has 2 aromatic rings. The zero-order valence-corrected chi connectivity index (χ0v) is 18.4. The Hall–Kier alpha value is -1.68. The number of benzene rings is 1. The van der Waals surface area contributed by atoms with Gasteiger partial charge in [-0.1, -0.05) is 17.3 Å². The van der Waals surface area contributed by atoms with Crippen molar-refractivity contribution in [1.29, 1.82) is 0 Å². The smallest absolute Gasteiger partial charge is 0.193 e. The molecule has 1 N–H and O–H groups in total. The van der Waals surface area contributed by atoms with Crippen molar-refractivity contribution >= 4 is 29.9 Å². The molecule has 1 saturated carbocycles. The molecule has 152 valence electrons. The minimum Gasteiger partial charge on any atom is -0.364 e. The summed E-state index contributed by atoms with van der Waals surface area (Å²) in [7, 11) is 1.83. The van der Waals surface area contributed by atoms with Crippen LogP contribution in [0.5, 0.6) is 0 Å². The Morgan fingerprint density at radius 2 is 2.04 bits per heavy atom. The van der Waals surface area contributed by atoms with E-state index < -0.39 is 0 Å². The van der Waals surface area contributed by atoms with Gasteiger partial charge < -0.3 is 14.7 Å². The summed E-state index contributed by atoms with van der Waals surface area (Å²) >= 11 is 0. The van der Waals surface area contributed by atoms with Gasteiger partial charge in [0.1, 0.15) is 12.1 Å². The third-order valence-electron chi connectivity index (χ3n) is 5.64. The van der Waals surface area contributed by atoms with Crippen molar-refractivity contribution in [3.63, 3.8) is 0 Å². The number of aliphatic imine (C=N–C) groups is 1. The monoisotopic (exact) mass is 499 g/mol. The zero-order chi connectivity index (χ0) is 18.7. The highest BCUT2D eigenvalue weighted by Crippen LogP contribution is 2.47. The second kappa shape index (κ2) is 9.21. The molecule has 8 heteroatoms.